The number of nitrogens with zero attached hydrogens (tertiary/aromatic N) is 3. The van der Waals surface area contributed by atoms with Gasteiger partial charge in [-0.1, -0.05) is 5.16 Å². The summed E-state index contributed by atoms with van der Waals surface area (Å²) in [5.41, 5.74) is 0.822. The molecule has 2 aromatic heterocycles. The van der Waals surface area contributed by atoms with Gasteiger partial charge < -0.3 is 14.6 Å². The molecule has 0 saturated carbocycles. The Morgan fingerprint density at radius 1 is 1.40 bits per heavy atom. The number of ether oxygens (including phenoxy) is 1. The van der Waals surface area contributed by atoms with Crippen LogP contribution in [0.1, 0.15) is 12.2 Å². The molecule has 7 nitrogen and oxygen atoms in total. The smallest absolute Gasteiger partial charge is 0.258 e. The summed E-state index contributed by atoms with van der Waals surface area (Å²) in [5.74, 6) is 0.960. The predicted molar refractivity (Wildman–Crippen MR) is 70.7 cm³/mol. The molecule has 2 rings (SSSR count). The number of rotatable bonds is 7. The Labute approximate surface area is 116 Å². The van der Waals surface area contributed by atoms with E-state index in [9.17, 15) is 4.79 Å². The van der Waals surface area contributed by atoms with Crippen molar-refractivity contribution in [2.45, 2.75) is 12.8 Å². The molecule has 20 heavy (non-hydrogen) atoms. The Kier molecular flexibility index (Phi) is 5.19. The molecule has 0 aromatic carbocycles. The fourth-order valence-electron chi connectivity index (χ4n) is 1.56. The lowest BCUT2D eigenvalue weighted by Gasteiger charge is -2.02. The van der Waals surface area contributed by atoms with E-state index in [4.69, 9.17) is 9.26 Å². The Morgan fingerprint density at radius 3 is 2.95 bits per heavy atom. The van der Waals surface area contributed by atoms with Crippen LogP contribution in [0.5, 0.6) is 0 Å². The van der Waals surface area contributed by atoms with Crippen molar-refractivity contribution in [3.05, 3.63) is 30.4 Å². The van der Waals surface area contributed by atoms with E-state index in [1.807, 2.05) is 0 Å². The van der Waals surface area contributed by atoms with Crippen molar-refractivity contribution in [1.29, 1.82) is 0 Å². The molecule has 2 heterocycles. The van der Waals surface area contributed by atoms with Crippen LogP contribution < -0.4 is 5.32 Å². The number of amides is 1. The minimum Gasteiger partial charge on any atom is -0.384 e. The highest BCUT2D eigenvalue weighted by molar-refractivity contribution is 5.75. The van der Waals surface area contributed by atoms with Gasteiger partial charge in [-0.3, -0.25) is 9.78 Å². The highest BCUT2D eigenvalue weighted by atomic mass is 16.5. The molecule has 0 atom stereocenters. The van der Waals surface area contributed by atoms with Gasteiger partial charge in [0, 0.05) is 44.5 Å². The van der Waals surface area contributed by atoms with Crippen molar-refractivity contribution in [3.63, 3.8) is 0 Å². The molecule has 0 bridgehead atoms. The van der Waals surface area contributed by atoms with Gasteiger partial charge in [-0.15, -0.1) is 0 Å². The second kappa shape index (κ2) is 7.34. The van der Waals surface area contributed by atoms with E-state index in [0.29, 0.717) is 37.7 Å². The average molecular weight is 276 g/mol. The minimum absolute atomic E-state index is 0.0512. The molecule has 1 amide bonds. The number of hydrogen-bond donors (Lipinski definition) is 1. The van der Waals surface area contributed by atoms with Gasteiger partial charge in [0.25, 0.3) is 5.89 Å². The third-order valence-corrected chi connectivity index (χ3v) is 2.60. The third-order valence-electron chi connectivity index (χ3n) is 2.60. The van der Waals surface area contributed by atoms with Gasteiger partial charge in [-0.05, 0) is 12.1 Å². The zero-order valence-corrected chi connectivity index (χ0v) is 11.2. The lowest BCUT2D eigenvalue weighted by atomic mass is 10.3. The summed E-state index contributed by atoms with van der Waals surface area (Å²) < 4.78 is 9.98. The van der Waals surface area contributed by atoms with E-state index in [1.54, 1.807) is 31.6 Å². The van der Waals surface area contributed by atoms with E-state index >= 15 is 0 Å². The van der Waals surface area contributed by atoms with Crippen molar-refractivity contribution >= 4 is 5.91 Å². The lowest BCUT2D eigenvalue weighted by Crippen LogP contribution is -2.26. The molecule has 0 saturated heterocycles. The summed E-state index contributed by atoms with van der Waals surface area (Å²) >= 11 is 0. The van der Waals surface area contributed by atoms with Gasteiger partial charge in [0.2, 0.25) is 5.91 Å². The van der Waals surface area contributed by atoms with Crippen LogP contribution in [0.25, 0.3) is 11.5 Å². The molecule has 0 radical (unpaired) electrons. The first-order chi connectivity index (χ1) is 9.79. The number of hydrogen-bond acceptors (Lipinski definition) is 6. The van der Waals surface area contributed by atoms with E-state index in [0.717, 1.165) is 5.56 Å². The SMILES string of the molecule is COCCC(=O)NCCc1noc(-c2ccncc2)n1. The topological polar surface area (TPSA) is 90.1 Å². The van der Waals surface area contributed by atoms with Crippen LogP contribution in [-0.2, 0) is 16.0 Å². The summed E-state index contributed by atoms with van der Waals surface area (Å²) in [7, 11) is 1.56. The number of nitrogens with one attached hydrogen (secondary N) is 1. The summed E-state index contributed by atoms with van der Waals surface area (Å²) in [6.07, 6.45) is 4.20. The number of methoxy groups -OCH3 is 1. The standard InChI is InChI=1S/C13H16N4O3/c1-19-9-5-12(18)15-8-4-11-16-13(20-17-11)10-2-6-14-7-3-10/h2-3,6-7H,4-5,8-9H2,1H3,(H,15,18). The van der Waals surface area contributed by atoms with Crippen molar-refractivity contribution in [2.75, 3.05) is 20.3 Å². The molecular formula is C13H16N4O3. The lowest BCUT2D eigenvalue weighted by molar-refractivity contribution is -0.121. The quantitative estimate of drug-likeness (QED) is 0.805. The molecule has 7 heteroatoms. The van der Waals surface area contributed by atoms with Gasteiger partial charge in [-0.25, -0.2) is 0 Å². The van der Waals surface area contributed by atoms with Crippen LogP contribution in [0.4, 0.5) is 0 Å². The fraction of sp³-hybridized carbons (Fsp3) is 0.385. The highest BCUT2D eigenvalue weighted by Crippen LogP contribution is 2.15. The number of aromatic nitrogens is 3. The Hall–Kier alpha value is -2.28. The molecular weight excluding hydrogens is 260 g/mol. The van der Waals surface area contributed by atoms with Crippen LogP contribution in [0.15, 0.2) is 29.0 Å². The van der Waals surface area contributed by atoms with E-state index in [2.05, 4.69) is 20.4 Å². The molecule has 0 aliphatic carbocycles. The zero-order valence-electron chi connectivity index (χ0n) is 11.2. The molecule has 0 unspecified atom stereocenters. The van der Waals surface area contributed by atoms with Crippen molar-refractivity contribution in [2.24, 2.45) is 0 Å². The summed E-state index contributed by atoms with van der Waals surface area (Å²) in [6, 6.07) is 3.59. The van der Waals surface area contributed by atoms with Crippen LogP contribution in [0.2, 0.25) is 0 Å². The number of carbonyl (C=O) groups is 1. The predicted octanol–water partition coefficient (Wildman–Crippen LogP) is 0.827. The van der Waals surface area contributed by atoms with E-state index < -0.39 is 0 Å². The first kappa shape index (κ1) is 14.1. The summed E-state index contributed by atoms with van der Waals surface area (Å²) in [5, 5.41) is 6.63. The first-order valence-electron chi connectivity index (χ1n) is 6.28. The number of carbonyl (C=O) groups excluding carboxylic acids is 1. The Morgan fingerprint density at radius 2 is 2.20 bits per heavy atom. The highest BCUT2D eigenvalue weighted by Gasteiger charge is 2.08. The van der Waals surface area contributed by atoms with Crippen LogP contribution in [0, 0.1) is 0 Å². The maximum Gasteiger partial charge on any atom is 0.258 e. The van der Waals surface area contributed by atoms with Crippen LogP contribution in [-0.4, -0.2) is 41.3 Å². The molecule has 106 valence electrons. The second-order valence-electron chi connectivity index (χ2n) is 4.09. The van der Waals surface area contributed by atoms with E-state index in [-0.39, 0.29) is 5.91 Å². The van der Waals surface area contributed by atoms with E-state index in [1.165, 1.54) is 0 Å². The second-order valence-corrected chi connectivity index (χ2v) is 4.09. The van der Waals surface area contributed by atoms with Gasteiger partial charge in [0.05, 0.1) is 6.61 Å². The largest absolute Gasteiger partial charge is 0.384 e. The molecule has 0 aliphatic rings. The monoisotopic (exact) mass is 276 g/mol. The molecule has 1 N–H and O–H groups in total. The van der Waals surface area contributed by atoms with Crippen molar-refractivity contribution < 1.29 is 14.1 Å². The Bertz CT molecular complexity index is 542. The fourth-order valence-corrected chi connectivity index (χ4v) is 1.56. The minimum atomic E-state index is -0.0512. The maximum absolute atomic E-state index is 11.4. The number of pyridine rings is 1. The van der Waals surface area contributed by atoms with Gasteiger partial charge in [-0.2, -0.15) is 4.98 Å². The van der Waals surface area contributed by atoms with Crippen LogP contribution >= 0.6 is 0 Å². The van der Waals surface area contributed by atoms with Crippen molar-refractivity contribution in [3.8, 4) is 11.5 Å². The van der Waals surface area contributed by atoms with Gasteiger partial charge in [0.1, 0.15) is 0 Å². The molecule has 0 fully saturated rings. The Balaban J connectivity index is 1.80. The van der Waals surface area contributed by atoms with Gasteiger partial charge in [0.15, 0.2) is 5.82 Å². The molecule has 0 spiro atoms. The zero-order chi connectivity index (χ0) is 14.2. The average Bonchev–Trinajstić information content (AvgIpc) is 2.95. The molecule has 2 aromatic rings. The summed E-state index contributed by atoms with van der Waals surface area (Å²) in [4.78, 5) is 19.5. The summed E-state index contributed by atoms with van der Waals surface area (Å²) in [6.45, 7) is 0.887. The first-order valence-corrected chi connectivity index (χ1v) is 6.28. The molecule has 0 aliphatic heterocycles. The van der Waals surface area contributed by atoms with Gasteiger partial charge >= 0.3 is 0 Å². The maximum atomic E-state index is 11.4. The van der Waals surface area contributed by atoms with Crippen LogP contribution in [0.3, 0.4) is 0 Å². The third kappa shape index (κ3) is 4.13. The van der Waals surface area contributed by atoms with Crippen molar-refractivity contribution in [1.82, 2.24) is 20.4 Å². The normalized spacial score (nSPS) is 10.4.